The van der Waals surface area contributed by atoms with E-state index in [0.717, 1.165) is 42.5 Å². The van der Waals surface area contributed by atoms with Gasteiger partial charge in [0.2, 0.25) is 11.5 Å². The summed E-state index contributed by atoms with van der Waals surface area (Å²) in [5.74, 6) is -5.54. The maximum atomic E-state index is 13.9. The third-order valence-electron chi connectivity index (χ3n) is 3.26. The maximum Gasteiger partial charge on any atom is 0.573 e. The van der Waals surface area contributed by atoms with Crippen LogP contribution in [0.1, 0.15) is 17.3 Å². The largest absolute Gasteiger partial charge is 0.573 e. The predicted molar refractivity (Wildman–Crippen MR) is 91.5 cm³/mol. The van der Waals surface area contributed by atoms with Crippen LogP contribution < -0.4 is 10.2 Å². The van der Waals surface area contributed by atoms with Gasteiger partial charge < -0.3 is 9.47 Å². The molecule has 2 aromatic rings. The van der Waals surface area contributed by atoms with Gasteiger partial charge in [0.15, 0.2) is 0 Å². The van der Waals surface area contributed by atoms with E-state index in [0.29, 0.717) is 0 Å². The van der Waals surface area contributed by atoms with Crippen LogP contribution in [0.2, 0.25) is 0 Å². The van der Waals surface area contributed by atoms with Crippen LogP contribution in [-0.2, 0) is 9.53 Å². The van der Waals surface area contributed by atoms with Crippen molar-refractivity contribution in [2.75, 3.05) is 12.0 Å². The van der Waals surface area contributed by atoms with Crippen molar-refractivity contribution >= 4 is 23.2 Å². The molecule has 11 heteroatoms. The fraction of sp³-hybridized carbons (Fsp3) is 0.167. The summed E-state index contributed by atoms with van der Waals surface area (Å²) in [7, 11) is 0. The molecule has 1 N–H and O–H groups in total. The highest BCUT2D eigenvalue weighted by Crippen LogP contribution is 2.24. The number of carbonyl (C=O) groups is 2. The predicted octanol–water partition coefficient (Wildman–Crippen LogP) is 4.08. The summed E-state index contributed by atoms with van der Waals surface area (Å²) in [6.07, 6.45) is -4.87. The van der Waals surface area contributed by atoms with Crippen molar-refractivity contribution in [3.05, 3.63) is 59.7 Å². The standard InChI is InChI=1S/C18H13F5N2O4/c1-2-28-17(27)15(16(26)14-12(19)4-3-5-13(14)20)25-24-10-6-8-11(9-7-10)29-18(21,22)23/h3-9,24H,2H2,1H3. The Kier molecular flexibility index (Phi) is 6.86. The smallest absolute Gasteiger partial charge is 0.461 e. The SMILES string of the molecule is CCOC(=O)C(=NNc1ccc(OC(F)(F)F)cc1)C(=O)c1c(F)cccc1F. The van der Waals surface area contributed by atoms with E-state index >= 15 is 0 Å². The number of carbonyl (C=O) groups excluding carboxylic acids is 2. The summed E-state index contributed by atoms with van der Waals surface area (Å²) in [6, 6.07) is 6.81. The van der Waals surface area contributed by atoms with E-state index in [1.54, 1.807) is 0 Å². The van der Waals surface area contributed by atoms with Crippen molar-refractivity contribution in [1.82, 2.24) is 0 Å². The quantitative estimate of drug-likeness (QED) is 0.184. The molecule has 29 heavy (non-hydrogen) atoms. The lowest BCUT2D eigenvalue weighted by molar-refractivity contribution is -0.274. The van der Waals surface area contributed by atoms with Gasteiger partial charge in [0.1, 0.15) is 17.4 Å². The summed E-state index contributed by atoms with van der Waals surface area (Å²) in [4.78, 5) is 24.4. The minimum atomic E-state index is -4.87. The van der Waals surface area contributed by atoms with Gasteiger partial charge in [-0.25, -0.2) is 13.6 Å². The van der Waals surface area contributed by atoms with E-state index in [1.807, 2.05) is 0 Å². The molecule has 0 heterocycles. The van der Waals surface area contributed by atoms with Crippen LogP contribution in [-0.4, -0.2) is 30.4 Å². The molecular weight excluding hydrogens is 403 g/mol. The molecule has 0 spiro atoms. The van der Waals surface area contributed by atoms with Crippen molar-refractivity contribution in [2.24, 2.45) is 5.10 Å². The Balaban J connectivity index is 2.29. The van der Waals surface area contributed by atoms with Crippen LogP contribution in [0.4, 0.5) is 27.6 Å². The van der Waals surface area contributed by atoms with Crippen LogP contribution in [0.3, 0.4) is 0 Å². The van der Waals surface area contributed by atoms with Gasteiger partial charge in [-0.1, -0.05) is 6.07 Å². The summed E-state index contributed by atoms with van der Waals surface area (Å²) < 4.78 is 72.6. The Bertz CT molecular complexity index is 907. The van der Waals surface area contributed by atoms with Crippen molar-refractivity contribution in [3.63, 3.8) is 0 Å². The van der Waals surface area contributed by atoms with Crippen LogP contribution in [0, 0.1) is 11.6 Å². The van der Waals surface area contributed by atoms with E-state index in [9.17, 15) is 31.5 Å². The number of anilines is 1. The van der Waals surface area contributed by atoms with Crippen molar-refractivity contribution < 1.29 is 41.0 Å². The minimum absolute atomic E-state index is 0.0585. The number of ether oxygens (including phenoxy) is 2. The van der Waals surface area contributed by atoms with E-state index in [1.165, 1.54) is 6.92 Å². The van der Waals surface area contributed by atoms with E-state index in [4.69, 9.17) is 0 Å². The summed E-state index contributed by atoms with van der Waals surface area (Å²) in [6.45, 7) is 1.30. The fourth-order valence-electron chi connectivity index (χ4n) is 2.07. The summed E-state index contributed by atoms with van der Waals surface area (Å²) >= 11 is 0. The van der Waals surface area contributed by atoms with E-state index in [2.05, 4.69) is 20.0 Å². The van der Waals surface area contributed by atoms with Crippen LogP contribution in [0.5, 0.6) is 5.75 Å². The molecule has 2 rings (SSSR count). The first-order chi connectivity index (χ1) is 13.6. The molecule has 6 nitrogen and oxygen atoms in total. The van der Waals surface area contributed by atoms with Crippen molar-refractivity contribution in [1.29, 1.82) is 0 Å². The molecule has 0 aliphatic rings. The number of halogens is 5. The number of hydrazone groups is 1. The Morgan fingerprint density at radius 3 is 2.14 bits per heavy atom. The Labute approximate surface area is 160 Å². The van der Waals surface area contributed by atoms with Crippen LogP contribution in [0.15, 0.2) is 47.6 Å². The lowest BCUT2D eigenvalue weighted by atomic mass is 10.1. The molecule has 0 atom stereocenters. The molecule has 0 saturated heterocycles. The van der Waals surface area contributed by atoms with E-state index < -0.39 is 46.8 Å². The molecule has 0 saturated carbocycles. The second-order valence-electron chi connectivity index (χ2n) is 5.29. The average molecular weight is 416 g/mol. The number of rotatable bonds is 7. The molecule has 2 aromatic carbocycles. The second-order valence-corrected chi connectivity index (χ2v) is 5.29. The van der Waals surface area contributed by atoms with Crippen LogP contribution in [0.25, 0.3) is 0 Å². The molecule has 0 aliphatic heterocycles. The van der Waals surface area contributed by atoms with Gasteiger partial charge >= 0.3 is 12.3 Å². The van der Waals surface area contributed by atoms with Crippen molar-refractivity contribution in [3.8, 4) is 5.75 Å². The molecule has 0 fully saturated rings. The molecule has 0 radical (unpaired) electrons. The first-order valence-corrected chi connectivity index (χ1v) is 7.97. The fourth-order valence-corrected chi connectivity index (χ4v) is 2.07. The number of nitrogens with zero attached hydrogens (tertiary/aromatic N) is 1. The zero-order valence-electron chi connectivity index (χ0n) is 14.7. The van der Waals surface area contributed by atoms with Gasteiger partial charge in [0.25, 0.3) is 0 Å². The number of nitrogens with one attached hydrogen (secondary N) is 1. The zero-order chi connectivity index (χ0) is 21.6. The molecule has 154 valence electrons. The van der Waals surface area contributed by atoms with Gasteiger partial charge in [-0.15, -0.1) is 13.2 Å². The number of esters is 1. The highest BCUT2D eigenvalue weighted by Gasteiger charge is 2.31. The summed E-state index contributed by atoms with van der Waals surface area (Å²) in [5.41, 5.74) is 0.350. The second kappa shape index (κ2) is 9.13. The first-order valence-electron chi connectivity index (χ1n) is 7.97. The Morgan fingerprint density at radius 1 is 1.03 bits per heavy atom. The monoisotopic (exact) mass is 416 g/mol. The normalized spacial score (nSPS) is 11.7. The average Bonchev–Trinajstić information content (AvgIpc) is 2.62. The van der Waals surface area contributed by atoms with Gasteiger partial charge in [0, 0.05) is 0 Å². The number of ketones is 1. The Morgan fingerprint density at radius 2 is 1.62 bits per heavy atom. The van der Waals surface area contributed by atoms with Gasteiger partial charge in [-0.3, -0.25) is 10.2 Å². The number of hydrogen-bond donors (Lipinski definition) is 1. The van der Waals surface area contributed by atoms with Crippen LogP contribution >= 0.6 is 0 Å². The Hall–Kier alpha value is -3.50. The first kappa shape index (κ1) is 21.8. The number of alkyl halides is 3. The summed E-state index contributed by atoms with van der Waals surface area (Å²) in [5, 5.41) is 3.52. The highest BCUT2D eigenvalue weighted by atomic mass is 19.4. The van der Waals surface area contributed by atoms with E-state index in [-0.39, 0.29) is 12.3 Å². The minimum Gasteiger partial charge on any atom is -0.461 e. The third-order valence-corrected chi connectivity index (χ3v) is 3.26. The van der Waals surface area contributed by atoms with Gasteiger partial charge in [-0.2, -0.15) is 5.10 Å². The molecule has 0 aromatic heterocycles. The van der Waals surface area contributed by atoms with Gasteiger partial charge in [0.05, 0.1) is 17.9 Å². The number of Topliss-reactive ketones (excluding diaryl/α,β-unsaturated/α-hetero) is 1. The lowest BCUT2D eigenvalue weighted by Crippen LogP contribution is -2.29. The molecule has 0 bridgehead atoms. The lowest BCUT2D eigenvalue weighted by Gasteiger charge is -2.10. The van der Waals surface area contributed by atoms with Gasteiger partial charge in [-0.05, 0) is 43.3 Å². The molecule has 0 aliphatic carbocycles. The topological polar surface area (TPSA) is 77.0 Å². The van der Waals surface area contributed by atoms with Crippen molar-refractivity contribution in [2.45, 2.75) is 13.3 Å². The number of hydrogen-bond acceptors (Lipinski definition) is 6. The maximum absolute atomic E-state index is 13.9. The highest BCUT2D eigenvalue weighted by molar-refractivity contribution is 6.67. The molecular formula is C18H13F5N2O4. The zero-order valence-corrected chi connectivity index (χ0v) is 14.7. The number of benzene rings is 2. The third kappa shape index (κ3) is 5.99. The molecule has 0 unspecified atom stereocenters. The molecule has 0 amide bonds.